The van der Waals surface area contributed by atoms with Gasteiger partial charge in [-0.3, -0.25) is 33.6 Å². The number of phenols is 1. The highest BCUT2D eigenvalue weighted by atomic mass is 16.5. The van der Waals surface area contributed by atoms with Crippen molar-refractivity contribution in [1.82, 2.24) is 31.1 Å². The van der Waals surface area contributed by atoms with E-state index in [1.54, 1.807) is 12.1 Å². The fraction of sp³-hybridized carbons (Fsp3) is 0.508. The van der Waals surface area contributed by atoms with Crippen molar-refractivity contribution in [2.24, 2.45) is 17.6 Å². The number of carbonyl (C=O) groups is 7. The van der Waals surface area contributed by atoms with Crippen molar-refractivity contribution >= 4 is 41.2 Å². The van der Waals surface area contributed by atoms with Crippen LogP contribution in [0, 0.1) is 11.8 Å². The first-order valence-electron chi connectivity index (χ1n) is 29.8. The summed E-state index contributed by atoms with van der Waals surface area (Å²) in [6, 6.07) is 17.6. The van der Waals surface area contributed by atoms with Crippen LogP contribution >= 0.6 is 0 Å². The molecule has 14 N–H and O–H groups in total. The summed E-state index contributed by atoms with van der Waals surface area (Å²) in [6.07, 6.45) is -13.5. The van der Waals surface area contributed by atoms with Crippen LogP contribution in [0.3, 0.4) is 0 Å². The van der Waals surface area contributed by atoms with Gasteiger partial charge in [0.25, 0.3) is 5.91 Å². The van der Waals surface area contributed by atoms with E-state index in [0.29, 0.717) is 6.61 Å². The molecular weight excluding hydrogens is 1140 g/mol. The molecule has 478 valence electrons. The highest BCUT2D eigenvalue weighted by Crippen LogP contribution is 2.32. The SMILES string of the molecule is CCCCCOc1ccc(-c2ccc(-c3ccc(C(=O)N[C@H]4C[C@@H](O)C(OCCOCCN)NC(=O)C5[C@@H](O)[C@@H](C)CN5C(=O)C([C@@H](C)O)NC(=O)C([C@H](O)[C@@H](O)c5ccc(O)cc5)CC(=O)C5C[C@@H](O)CN5C(=O)C([C@@H](C)O)NC4=O)cc3)cc2)cc1. The normalized spacial score (nSPS) is 26.6. The average Bonchev–Trinajstić information content (AvgIpc) is 2.10. The van der Waals surface area contributed by atoms with E-state index in [9.17, 15) is 74.4 Å². The summed E-state index contributed by atoms with van der Waals surface area (Å²) in [7, 11) is 0. The zero-order valence-corrected chi connectivity index (χ0v) is 49.7. The average molecular weight is 1230 g/mol. The molecule has 3 aliphatic rings. The van der Waals surface area contributed by atoms with Crippen molar-refractivity contribution < 1.29 is 88.6 Å². The largest absolute Gasteiger partial charge is 0.508 e. The number of hydrogen-bond acceptors (Lipinski definition) is 19. The van der Waals surface area contributed by atoms with Gasteiger partial charge in [-0.05, 0) is 84.5 Å². The third-order valence-corrected chi connectivity index (χ3v) is 16.1. The third kappa shape index (κ3) is 17.2. The van der Waals surface area contributed by atoms with Crippen molar-refractivity contribution in [3.8, 4) is 33.8 Å². The Labute approximate surface area is 510 Å². The van der Waals surface area contributed by atoms with Gasteiger partial charge in [0.05, 0.1) is 68.9 Å². The molecule has 88 heavy (non-hydrogen) atoms. The molecule has 4 aromatic carbocycles. The van der Waals surface area contributed by atoms with Crippen LogP contribution in [-0.4, -0.2) is 211 Å². The lowest BCUT2D eigenvalue weighted by atomic mass is 9.86. The number of ether oxygens (including phenoxy) is 3. The molecule has 6 unspecified atom stereocenters. The molecule has 0 radical (unpaired) electrons. The maximum atomic E-state index is 14.8. The van der Waals surface area contributed by atoms with E-state index >= 15 is 0 Å². The van der Waals surface area contributed by atoms with Gasteiger partial charge in [-0.1, -0.05) is 87.4 Å². The molecule has 4 aromatic rings. The lowest BCUT2D eigenvalue weighted by molar-refractivity contribution is -0.150. The van der Waals surface area contributed by atoms with Crippen LogP contribution in [0.1, 0.15) is 88.2 Å². The molecule has 0 aromatic heterocycles. The molecule has 0 spiro atoms. The summed E-state index contributed by atoms with van der Waals surface area (Å²) in [5, 5.41) is 100. The molecule has 25 heteroatoms. The summed E-state index contributed by atoms with van der Waals surface area (Å²) in [6.45, 7) is 5.41. The first-order chi connectivity index (χ1) is 42.0. The van der Waals surface area contributed by atoms with Crippen molar-refractivity contribution in [2.45, 2.75) is 145 Å². The van der Waals surface area contributed by atoms with E-state index < -0.39 is 158 Å². The number of rotatable bonds is 20. The highest BCUT2D eigenvalue weighted by molar-refractivity contribution is 6.00. The number of carbonyl (C=O) groups excluding carboxylic acids is 7. The molecule has 0 saturated carbocycles. The fourth-order valence-electron chi connectivity index (χ4n) is 11.1. The molecule has 3 aliphatic heterocycles. The molecule has 7 rings (SSSR count). The second-order valence-electron chi connectivity index (χ2n) is 22.8. The van der Waals surface area contributed by atoms with Crippen LogP contribution in [0.15, 0.2) is 97.1 Å². The van der Waals surface area contributed by atoms with E-state index in [-0.39, 0.29) is 49.8 Å². The molecule has 3 fully saturated rings. The van der Waals surface area contributed by atoms with Gasteiger partial charge < -0.3 is 91.9 Å². The van der Waals surface area contributed by atoms with E-state index in [4.69, 9.17) is 19.9 Å². The van der Waals surface area contributed by atoms with Crippen LogP contribution in [0.25, 0.3) is 22.3 Å². The van der Waals surface area contributed by atoms with E-state index in [1.807, 2.05) is 48.5 Å². The molecule has 0 bridgehead atoms. The Bertz CT molecular complexity index is 2990. The minimum absolute atomic E-state index is 0.0316. The Morgan fingerprint density at radius 2 is 1.25 bits per heavy atom. The Hall–Kier alpha value is -7.43. The number of phenolic OH excluding ortho intramolecular Hbond substituents is 1. The fourth-order valence-corrected chi connectivity index (χ4v) is 11.1. The van der Waals surface area contributed by atoms with Crippen LogP contribution < -0.4 is 31.7 Å². The molecule has 6 amide bonds. The Kier molecular flexibility index (Phi) is 24.5. The predicted molar refractivity (Wildman–Crippen MR) is 318 cm³/mol. The number of amides is 6. The summed E-state index contributed by atoms with van der Waals surface area (Å²) in [5.74, 6) is -9.94. The summed E-state index contributed by atoms with van der Waals surface area (Å²) >= 11 is 0. The monoisotopic (exact) mass is 1230 g/mol. The van der Waals surface area contributed by atoms with E-state index in [1.165, 1.54) is 43.3 Å². The number of aromatic hydroxyl groups is 1. The molecule has 3 saturated heterocycles. The van der Waals surface area contributed by atoms with Crippen LogP contribution in [0.5, 0.6) is 11.5 Å². The smallest absolute Gasteiger partial charge is 0.251 e. The van der Waals surface area contributed by atoms with Crippen LogP contribution in [0.4, 0.5) is 0 Å². The predicted octanol–water partition coefficient (Wildman–Crippen LogP) is 0.163. The zero-order chi connectivity index (χ0) is 63.9. The van der Waals surface area contributed by atoms with Crippen molar-refractivity contribution in [1.29, 1.82) is 0 Å². The minimum atomic E-state index is -2.19. The van der Waals surface area contributed by atoms with E-state index in [2.05, 4.69) is 28.2 Å². The minimum Gasteiger partial charge on any atom is -0.508 e. The summed E-state index contributed by atoms with van der Waals surface area (Å²) < 4.78 is 17.2. The third-order valence-electron chi connectivity index (χ3n) is 16.1. The first kappa shape index (κ1) is 68.1. The van der Waals surface area contributed by atoms with Crippen LogP contribution in [-0.2, 0) is 38.2 Å². The maximum Gasteiger partial charge on any atom is 0.251 e. The van der Waals surface area contributed by atoms with Crippen molar-refractivity contribution in [2.75, 3.05) is 46.1 Å². The second-order valence-corrected chi connectivity index (χ2v) is 22.8. The number of aliphatic hydroxyl groups is 7. The Morgan fingerprint density at radius 3 is 1.83 bits per heavy atom. The van der Waals surface area contributed by atoms with Gasteiger partial charge in [-0.15, -0.1) is 0 Å². The topological polar surface area (TPSA) is 390 Å². The number of nitrogens with zero attached hydrogens (tertiary/aromatic N) is 2. The number of aliphatic hydroxyl groups excluding tert-OH is 7. The van der Waals surface area contributed by atoms with Crippen molar-refractivity contribution in [3.63, 3.8) is 0 Å². The van der Waals surface area contributed by atoms with Gasteiger partial charge in [-0.2, -0.15) is 0 Å². The Morgan fingerprint density at radius 1 is 0.682 bits per heavy atom. The highest BCUT2D eigenvalue weighted by Gasteiger charge is 2.50. The number of unbranched alkanes of at least 4 members (excludes halogenated alkanes) is 2. The van der Waals surface area contributed by atoms with Gasteiger partial charge >= 0.3 is 0 Å². The standard InChI is InChI=1S/C63H83N7O18/c1-5-6-7-25-87-45-22-18-40(19-23-45)38-10-8-37(9-11-38)39-12-14-42(15-13-39)57(80)65-47-31-50(76)61(88-28-27-86-26-24-64)68-60(83)53-54(77)34(2)32-70(53)63(85)52(36(4)72)66-58(81)46(56(79)55(78)41-16-20-43(73)21-17-41)30-49(75)48-29-44(74)33-69(48)62(84)51(35(3)71)67-59(47)82/h8-23,34-36,44,46-48,50-56,61,71-74,76-79H,5-7,24-33,64H2,1-4H3,(H,65,80)(H,66,81)(H,67,82)(H,68,83)/t34-,35+,36+,44+,46?,47-,48?,50+,51?,52?,53?,54-,55-,56-,61?/m0/s1. The van der Waals surface area contributed by atoms with Crippen molar-refractivity contribution in [3.05, 3.63) is 108 Å². The van der Waals surface area contributed by atoms with Gasteiger partial charge in [0.2, 0.25) is 29.5 Å². The number of ketones is 1. The quantitative estimate of drug-likeness (QED) is 0.0524. The molecule has 3 heterocycles. The number of nitrogens with one attached hydrogen (secondary N) is 4. The van der Waals surface area contributed by atoms with Gasteiger partial charge in [-0.25, -0.2) is 0 Å². The van der Waals surface area contributed by atoms with Gasteiger partial charge in [0.15, 0.2) is 12.0 Å². The number of Topliss-reactive ketones (excluding diaryl/α,β-unsaturated/α-hetero) is 1. The lowest BCUT2D eigenvalue weighted by Gasteiger charge is -2.34. The van der Waals surface area contributed by atoms with Gasteiger partial charge in [0, 0.05) is 50.4 Å². The number of hydrogen-bond donors (Lipinski definition) is 13. The molecule has 25 nitrogen and oxygen atoms in total. The number of nitrogens with two attached hydrogens (primary N) is 1. The summed E-state index contributed by atoms with van der Waals surface area (Å²) in [5.41, 5.74) is 9.06. The van der Waals surface area contributed by atoms with Gasteiger partial charge in [0.1, 0.15) is 47.9 Å². The molecule has 0 aliphatic carbocycles. The summed E-state index contributed by atoms with van der Waals surface area (Å²) in [4.78, 5) is 104. The number of fused-ring (bicyclic) bond motifs is 2. The maximum absolute atomic E-state index is 14.8. The number of benzene rings is 4. The lowest BCUT2D eigenvalue weighted by Crippen LogP contribution is -2.61. The zero-order valence-electron chi connectivity index (χ0n) is 49.7. The molecule has 15 atom stereocenters. The van der Waals surface area contributed by atoms with Crippen LogP contribution in [0.2, 0.25) is 0 Å². The molecular formula is C63H83N7O18. The van der Waals surface area contributed by atoms with E-state index in [0.717, 1.165) is 70.9 Å². The second kappa shape index (κ2) is 31.7. The first-order valence-corrected chi connectivity index (χ1v) is 29.8. The Balaban J connectivity index is 1.22.